The number of rotatable bonds is 3. The summed E-state index contributed by atoms with van der Waals surface area (Å²) in [5.74, 6) is 0.978. The van der Waals surface area contributed by atoms with E-state index in [0.717, 1.165) is 44.6 Å². The van der Waals surface area contributed by atoms with E-state index in [0.29, 0.717) is 0 Å². The molecule has 3 aliphatic rings. The molecule has 1 aliphatic heterocycles. The molecule has 2 aliphatic carbocycles. The summed E-state index contributed by atoms with van der Waals surface area (Å²) in [6.07, 6.45) is 11.4. The zero-order valence-electron chi connectivity index (χ0n) is 13.2. The molecule has 3 fully saturated rings. The molecule has 4 heteroatoms. The van der Waals surface area contributed by atoms with Gasteiger partial charge in [-0.25, -0.2) is 0 Å². The maximum Gasteiger partial charge on any atom is 0.248 e. The fourth-order valence-corrected chi connectivity index (χ4v) is 4.40. The number of nitrogens with zero attached hydrogens (tertiary/aromatic N) is 1. The van der Waals surface area contributed by atoms with Gasteiger partial charge < -0.3 is 10.2 Å². The maximum atomic E-state index is 12.9. The summed E-state index contributed by atoms with van der Waals surface area (Å²) < 4.78 is 0. The van der Waals surface area contributed by atoms with Crippen molar-refractivity contribution in [2.45, 2.75) is 82.7 Å². The van der Waals surface area contributed by atoms with E-state index in [-0.39, 0.29) is 17.9 Å². The molecule has 3 rings (SSSR count). The van der Waals surface area contributed by atoms with Crippen molar-refractivity contribution in [1.29, 1.82) is 0 Å². The predicted octanol–water partition coefficient (Wildman–Crippen LogP) is 2.62. The van der Waals surface area contributed by atoms with Crippen LogP contribution >= 0.6 is 0 Å². The summed E-state index contributed by atoms with van der Waals surface area (Å²) in [5, 5.41) is 3.03. The van der Waals surface area contributed by atoms with Gasteiger partial charge in [0.15, 0.2) is 0 Å². The highest BCUT2D eigenvalue weighted by molar-refractivity contribution is 5.99. The summed E-state index contributed by atoms with van der Waals surface area (Å²) in [4.78, 5) is 27.0. The SMILES string of the molecule is CC1C(=O)NC2(CCCC2)C(=O)N1CCC1CCCCC1. The molecule has 4 nitrogen and oxygen atoms in total. The van der Waals surface area contributed by atoms with E-state index in [1.807, 2.05) is 11.8 Å². The molecule has 2 amide bonds. The average molecular weight is 292 g/mol. The smallest absolute Gasteiger partial charge is 0.248 e. The highest BCUT2D eigenvalue weighted by Crippen LogP contribution is 2.35. The molecule has 0 aromatic heterocycles. The van der Waals surface area contributed by atoms with Gasteiger partial charge in [-0.2, -0.15) is 0 Å². The third kappa shape index (κ3) is 2.82. The number of hydrogen-bond donors (Lipinski definition) is 1. The van der Waals surface area contributed by atoms with Crippen LogP contribution in [0.15, 0.2) is 0 Å². The third-order valence-electron chi connectivity index (χ3n) is 5.84. The second-order valence-corrected chi connectivity index (χ2v) is 7.25. The van der Waals surface area contributed by atoms with Crippen LogP contribution in [0.4, 0.5) is 0 Å². The van der Waals surface area contributed by atoms with Gasteiger partial charge in [0.05, 0.1) is 0 Å². The maximum absolute atomic E-state index is 12.9. The number of nitrogens with one attached hydrogen (secondary N) is 1. The lowest BCUT2D eigenvalue weighted by Gasteiger charge is -2.44. The summed E-state index contributed by atoms with van der Waals surface area (Å²) in [6, 6.07) is -0.299. The molecule has 1 atom stereocenters. The zero-order chi connectivity index (χ0) is 14.9. The topological polar surface area (TPSA) is 49.4 Å². The van der Waals surface area contributed by atoms with Crippen molar-refractivity contribution in [3.63, 3.8) is 0 Å². The molecule has 1 unspecified atom stereocenters. The minimum atomic E-state index is -0.559. The van der Waals surface area contributed by atoms with Crippen LogP contribution in [-0.2, 0) is 9.59 Å². The van der Waals surface area contributed by atoms with Gasteiger partial charge in [0.2, 0.25) is 11.8 Å². The Morgan fingerprint density at radius 3 is 2.43 bits per heavy atom. The Kier molecular flexibility index (Phi) is 4.23. The molecule has 1 saturated heterocycles. The fraction of sp³-hybridized carbons (Fsp3) is 0.882. The van der Waals surface area contributed by atoms with Gasteiger partial charge in [-0.05, 0) is 32.1 Å². The minimum Gasteiger partial charge on any atom is -0.340 e. The van der Waals surface area contributed by atoms with Crippen molar-refractivity contribution in [3.8, 4) is 0 Å². The van der Waals surface area contributed by atoms with Crippen LogP contribution in [0.5, 0.6) is 0 Å². The molecule has 0 aromatic carbocycles. The molecule has 0 radical (unpaired) electrons. The Hall–Kier alpha value is -1.06. The Morgan fingerprint density at radius 1 is 1.10 bits per heavy atom. The molecule has 1 heterocycles. The van der Waals surface area contributed by atoms with Crippen molar-refractivity contribution in [3.05, 3.63) is 0 Å². The van der Waals surface area contributed by atoms with E-state index < -0.39 is 5.54 Å². The first-order valence-corrected chi connectivity index (χ1v) is 8.75. The van der Waals surface area contributed by atoms with Crippen LogP contribution in [0, 0.1) is 5.92 Å². The van der Waals surface area contributed by atoms with E-state index in [4.69, 9.17) is 0 Å². The van der Waals surface area contributed by atoms with Gasteiger partial charge in [-0.3, -0.25) is 9.59 Å². The summed E-state index contributed by atoms with van der Waals surface area (Å²) in [6.45, 7) is 2.63. The highest BCUT2D eigenvalue weighted by atomic mass is 16.2. The molecule has 1 N–H and O–H groups in total. The average Bonchev–Trinajstić information content (AvgIpc) is 2.96. The van der Waals surface area contributed by atoms with Crippen molar-refractivity contribution in [2.75, 3.05) is 6.54 Å². The summed E-state index contributed by atoms with van der Waals surface area (Å²) in [5.41, 5.74) is -0.559. The monoisotopic (exact) mass is 292 g/mol. The van der Waals surface area contributed by atoms with E-state index in [2.05, 4.69) is 5.32 Å². The first-order chi connectivity index (χ1) is 10.1. The Morgan fingerprint density at radius 2 is 1.76 bits per heavy atom. The van der Waals surface area contributed by atoms with Crippen LogP contribution in [-0.4, -0.2) is 34.8 Å². The summed E-state index contributed by atoms with van der Waals surface area (Å²) in [7, 11) is 0. The minimum absolute atomic E-state index is 0.0418. The van der Waals surface area contributed by atoms with Crippen LogP contribution in [0.3, 0.4) is 0 Å². The van der Waals surface area contributed by atoms with Gasteiger partial charge in [-0.15, -0.1) is 0 Å². The van der Waals surface area contributed by atoms with Crippen molar-refractivity contribution in [1.82, 2.24) is 10.2 Å². The second kappa shape index (κ2) is 5.98. The first-order valence-electron chi connectivity index (χ1n) is 8.75. The second-order valence-electron chi connectivity index (χ2n) is 7.25. The first kappa shape index (κ1) is 14.9. The van der Waals surface area contributed by atoms with Crippen molar-refractivity contribution >= 4 is 11.8 Å². The standard InChI is InChI=1S/C17H28N2O2/c1-13-15(20)18-17(10-5-6-11-17)16(21)19(13)12-9-14-7-3-2-4-8-14/h13-14H,2-12H2,1H3,(H,18,20). The predicted molar refractivity (Wildman–Crippen MR) is 81.7 cm³/mol. The Labute approximate surface area is 127 Å². The number of hydrogen-bond acceptors (Lipinski definition) is 2. The number of carbonyl (C=O) groups is 2. The molecule has 21 heavy (non-hydrogen) atoms. The van der Waals surface area contributed by atoms with Crippen LogP contribution in [0.1, 0.15) is 71.1 Å². The molecule has 118 valence electrons. The van der Waals surface area contributed by atoms with Gasteiger partial charge in [0.1, 0.15) is 11.6 Å². The number of carbonyl (C=O) groups excluding carboxylic acids is 2. The van der Waals surface area contributed by atoms with E-state index >= 15 is 0 Å². The molecule has 0 aromatic rings. The zero-order valence-corrected chi connectivity index (χ0v) is 13.2. The molecule has 1 spiro atoms. The van der Waals surface area contributed by atoms with E-state index in [9.17, 15) is 9.59 Å². The van der Waals surface area contributed by atoms with Crippen LogP contribution < -0.4 is 5.32 Å². The molecule has 2 saturated carbocycles. The molecular formula is C17H28N2O2. The largest absolute Gasteiger partial charge is 0.340 e. The van der Waals surface area contributed by atoms with E-state index in [1.165, 1.54) is 32.1 Å². The third-order valence-corrected chi connectivity index (χ3v) is 5.84. The Bertz CT molecular complexity index is 409. The normalized spacial score (nSPS) is 30.0. The number of amides is 2. The van der Waals surface area contributed by atoms with Crippen molar-refractivity contribution in [2.24, 2.45) is 5.92 Å². The van der Waals surface area contributed by atoms with Gasteiger partial charge in [0.25, 0.3) is 0 Å². The molecule has 0 bridgehead atoms. The van der Waals surface area contributed by atoms with Crippen molar-refractivity contribution < 1.29 is 9.59 Å². The lowest BCUT2D eigenvalue weighted by molar-refractivity contribution is -0.154. The highest BCUT2D eigenvalue weighted by Gasteiger charge is 2.50. The Balaban J connectivity index is 1.66. The molecular weight excluding hydrogens is 264 g/mol. The lowest BCUT2D eigenvalue weighted by atomic mass is 9.86. The van der Waals surface area contributed by atoms with Crippen LogP contribution in [0.25, 0.3) is 0 Å². The quantitative estimate of drug-likeness (QED) is 0.869. The van der Waals surface area contributed by atoms with Gasteiger partial charge in [-0.1, -0.05) is 44.9 Å². The lowest BCUT2D eigenvalue weighted by Crippen LogP contribution is -2.68. The van der Waals surface area contributed by atoms with Gasteiger partial charge in [0, 0.05) is 6.54 Å². The van der Waals surface area contributed by atoms with E-state index in [1.54, 1.807) is 0 Å². The summed E-state index contributed by atoms with van der Waals surface area (Å²) >= 11 is 0. The van der Waals surface area contributed by atoms with Gasteiger partial charge >= 0.3 is 0 Å². The number of piperazine rings is 1. The van der Waals surface area contributed by atoms with Crippen LogP contribution in [0.2, 0.25) is 0 Å². The fourth-order valence-electron chi connectivity index (χ4n) is 4.40.